The Labute approximate surface area is 157 Å². The quantitative estimate of drug-likeness (QED) is 0.396. The van der Waals surface area contributed by atoms with Crippen LogP contribution in [0, 0.1) is 5.82 Å². The lowest BCUT2D eigenvalue weighted by atomic mass is 10.2. The second-order valence-corrected chi connectivity index (χ2v) is 6.01. The normalized spacial score (nSPS) is 11.3. The molecule has 4 nitrogen and oxygen atoms in total. The van der Waals surface area contributed by atoms with Gasteiger partial charge in [0.1, 0.15) is 5.82 Å². The zero-order chi connectivity index (χ0) is 20.3. The predicted octanol–water partition coefficient (Wildman–Crippen LogP) is 4.52. The van der Waals surface area contributed by atoms with Crippen molar-refractivity contribution in [3.63, 3.8) is 0 Å². The number of aromatic nitrogens is 1. The van der Waals surface area contributed by atoms with Crippen LogP contribution in [0.25, 0.3) is 0 Å². The van der Waals surface area contributed by atoms with Crippen molar-refractivity contribution in [1.29, 1.82) is 0 Å². The average Bonchev–Trinajstić information content (AvgIpc) is 3.10. The van der Waals surface area contributed by atoms with E-state index in [0.717, 1.165) is 29.8 Å². The maximum atomic E-state index is 13.0. The van der Waals surface area contributed by atoms with Gasteiger partial charge in [-0.05, 0) is 54.1 Å². The standard InChI is InChI=1S/C20H14F4N2O2/c21-15-7-3-13(4-8-15)12-26-11-1-2-17(26)18(27)19(28)25-16-9-5-14(6-10-16)20(22,23)24/h1-11H,12H2,(H,25,28). The van der Waals surface area contributed by atoms with Crippen LogP contribution in [0.2, 0.25) is 0 Å². The molecule has 8 heteroatoms. The van der Waals surface area contributed by atoms with E-state index in [1.807, 2.05) is 0 Å². The van der Waals surface area contributed by atoms with E-state index in [1.165, 1.54) is 22.8 Å². The van der Waals surface area contributed by atoms with Gasteiger partial charge in [0.25, 0.3) is 11.7 Å². The minimum atomic E-state index is -4.49. The minimum Gasteiger partial charge on any atom is -0.340 e. The Morgan fingerprint density at radius 3 is 2.18 bits per heavy atom. The number of amides is 1. The molecule has 1 amide bonds. The number of carbonyl (C=O) groups excluding carboxylic acids is 2. The van der Waals surface area contributed by atoms with Crippen molar-refractivity contribution in [3.8, 4) is 0 Å². The molecule has 0 aliphatic rings. The number of anilines is 1. The molecule has 0 atom stereocenters. The number of hydrogen-bond acceptors (Lipinski definition) is 2. The Bertz CT molecular complexity index is 990. The lowest BCUT2D eigenvalue weighted by Gasteiger charge is -2.10. The number of benzene rings is 2. The maximum absolute atomic E-state index is 13.0. The molecule has 0 aliphatic heterocycles. The lowest BCUT2D eigenvalue weighted by molar-refractivity contribution is -0.137. The highest BCUT2D eigenvalue weighted by Crippen LogP contribution is 2.29. The summed E-state index contributed by atoms with van der Waals surface area (Å²) in [6, 6.07) is 12.5. The molecule has 0 spiro atoms. The van der Waals surface area contributed by atoms with Gasteiger partial charge in [0, 0.05) is 18.4 Å². The van der Waals surface area contributed by atoms with Crippen molar-refractivity contribution in [2.75, 3.05) is 5.32 Å². The molecular weight excluding hydrogens is 376 g/mol. The van der Waals surface area contributed by atoms with Crippen LogP contribution < -0.4 is 5.32 Å². The molecule has 3 rings (SSSR count). The highest BCUT2D eigenvalue weighted by atomic mass is 19.4. The number of hydrogen-bond donors (Lipinski definition) is 1. The Hall–Kier alpha value is -3.42. The van der Waals surface area contributed by atoms with Crippen molar-refractivity contribution in [1.82, 2.24) is 4.57 Å². The SMILES string of the molecule is O=C(Nc1ccc(C(F)(F)F)cc1)C(=O)c1cccn1Cc1ccc(F)cc1. The number of alkyl halides is 3. The molecule has 144 valence electrons. The smallest absolute Gasteiger partial charge is 0.340 e. The summed E-state index contributed by atoms with van der Waals surface area (Å²) in [6.07, 6.45) is -2.89. The molecule has 28 heavy (non-hydrogen) atoms. The number of rotatable bonds is 5. The van der Waals surface area contributed by atoms with Gasteiger partial charge in [0.15, 0.2) is 0 Å². The summed E-state index contributed by atoms with van der Waals surface area (Å²) >= 11 is 0. The Kier molecular flexibility index (Phi) is 5.30. The first kappa shape index (κ1) is 19.3. The fourth-order valence-electron chi connectivity index (χ4n) is 2.59. The molecule has 0 saturated heterocycles. The van der Waals surface area contributed by atoms with E-state index in [-0.39, 0.29) is 23.7 Å². The Morgan fingerprint density at radius 1 is 0.929 bits per heavy atom. The van der Waals surface area contributed by atoms with E-state index in [4.69, 9.17) is 0 Å². The summed E-state index contributed by atoms with van der Waals surface area (Å²) in [5.74, 6) is -2.20. The largest absolute Gasteiger partial charge is 0.416 e. The van der Waals surface area contributed by atoms with Crippen LogP contribution in [-0.4, -0.2) is 16.3 Å². The van der Waals surface area contributed by atoms with E-state index in [9.17, 15) is 27.2 Å². The molecule has 0 saturated carbocycles. The number of nitrogens with zero attached hydrogens (tertiary/aromatic N) is 1. The molecule has 0 radical (unpaired) electrons. The third-order valence-corrected chi connectivity index (χ3v) is 4.00. The van der Waals surface area contributed by atoms with Gasteiger partial charge in [0.2, 0.25) is 0 Å². The van der Waals surface area contributed by atoms with Crippen molar-refractivity contribution in [3.05, 3.63) is 89.5 Å². The average molecular weight is 390 g/mol. The van der Waals surface area contributed by atoms with E-state index in [0.29, 0.717) is 0 Å². The van der Waals surface area contributed by atoms with Gasteiger partial charge < -0.3 is 9.88 Å². The summed E-state index contributed by atoms with van der Waals surface area (Å²) in [6.45, 7) is 0.252. The fraction of sp³-hybridized carbons (Fsp3) is 0.100. The molecule has 1 aromatic heterocycles. The monoisotopic (exact) mass is 390 g/mol. The Balaban J connectivity index is 1.71. The minimum absolute atomic E-state index is 0.0722. The summed E-state index contributed by atoms with van der Waals surface area (Å²) in [4.78, 5) is 24.6. The van der Waals surface area contributed by atoms with Gasteiger partial charge in [-0.3, -0.25) is 9.59 Å². The molecule has 0 bridgehead atoms. The molecule has 0 fully saturated rings. The van der Waals surface area contributed by atoms with Crippen molar-refractivity contribution >= 4 is 17.4 Å². The number of carbonyl (C=O) groups is 2. The van der Waals surface area contributed by atoms with Gasteiger partial charge in [-0.25, -0.2) is 4.39 Å². The van der Waals surface area contributed by atoms with Crippen LogP contribution in [0.3, 0.4) is 0 Å². The molecular formula is C20H14F4N2O2. The second-order valence-electron chi connectivity index (χ2n) is 6.01. The zero-order valence-electron chi connectivity index (χ0n) is 14.3. The summed E-state index contributed by atoms with van der Waals surface area (Å²) in [5, 5.41) is 2.29. The van der Waals surface area contributed by atoms with Gasteiger partial charge in [-0.2, -0.15) is 13.2 Å². The molecule has 1 heterocycles. The van der Waals surface area contributed by atoms with E-state index < -0.39 is 23.4 Å². The summed E-state index contributed by atoms with van der Waals surface area (Å²) in [7, 11) is 0. The number of Topliss-reactive ketones (excluding diaryl/α,β-unsaturated/α-hetero) is 1. The topological polar surface area (TPSA) is 51.1 Å². The van der Waals surface area contributed by atoms with Gasteiger partial charge in [-0.1, -0.05) is 12.1 Å². The van der Waals surface area contributed by atoms with Crippen LogP contribution in [0.4, 0.5) is 23.2 Å². The molecule has 3 aromatic rings. The third-order valence-electron chi connectivity index (χ3n) is 4.00. The Morgan fingerprint density at radius 2 is 1.57 bits per heavy atom. The summed E-state index contributed by atoms with van der Waals surface area (Å²) < 4.78 is 52.3. The van der Waals surface area contributed by atoms with E-state index >= 15 is 0 Å². The lowest BCUT2D eigenvalue weighted by Crippen LogP contribution is -2.25. The highest BCUT2D eigenvalue weighted by Gasteiger charge is 2.30. The van der Waals surface area contributed by atoms with E-state index in [1.54, 1.807) is 24.4 Å². The van der Waals surface area contributed by atoms with Crippen LogP contribution >= 0.6 is 0 Å². The number of halogens is 4. The zero-order valence-corrected chi connectivity index (χ0v) is 14.3. The van der Waals surface area contributed by atoms with Crippen molar-refractivity contribution in [2.24, 2.45) is 0 Å². The molecule has 0 unspecified atom stereocenters. The van der Waals surface area contributed by atoms with Crippen LogP contribution in [0.15, 0.2) is 66.9 Å². The number of ketones is 1. The van der Waals surface area contributed by atoms with Crippen LogP contribution in [0.1, 0.15) is 21.6 Å². The third kappa shape index (κ3) is 4.46. The first-order valence-corrected chi connectivity index (χ1v) is 8.16. The first-order chi connectivity index (χ1) is 13.2. The predicted molar refractivity (Wildman–Crippen MR) is 94.3 cm³/mol. The van der Waals surface area contributed by atoms with Crippen molar-refractivity contribution in [2.45, 2.75) is 12.7 Å². The molecule has 0 aliphatic carbocycles. The number of nitrogens with one attached hydrogen (secondary N) is 1. The van der Waals surface area contributed by atoms with Crippen molar-refractivity contribution < 1.29 is 27.2 Å². The first-order valence-electron chi connectivity index (χ1n) is 8.16. The molecule has 1 N–H and O–H groups in total. The second kappa shape index (κ2) is 7.67. The van der Waals surface area contributed by atoms with Gasteiger partial charge in [-0.15, -0.1) is 0 Å². The molecule has 2 aromatic carbocycles. The van der Waals surface area contributed by atoms with E-state index in [2.05, 4.69) is 5.32 Å². The fourth-order valence-corrected chi connectivity index (χ4v) is 2.59. The van der Waals surface area contributed by atoms with Gasteiger partial charge >= 0.3 is 6.18 Å². The highest BCUT2D eigenvalue weighted by molar-refractivity contribution is 6.46. The van der Waals surface area contributed by atoms with Crippen LogP contribution in [-0.2, 0) is 17.5 Å². The maximum Gasteiger partial charge on any atom is 0.416 e. The summed E-state index contributed by atoms with van der Waals surface area (Å²) in [5.41, 5.74) is 0.0523. The van der Waals surface area contributed by atoms with Gasteiger partial charge in [0.05, 0.1) is 11.3 Å². The van der Waals surface area contributed by atoms with Crippen LogP contribution in [0.5, 0.6) is 0 Å².